The molecule has 160 valence electrons. The molecule has 1 aromatic rings. The Morgan fingerprint density at radius 1 is 1.11 bits per heavy atom. The first-order chi connectivity index (χ1) is 13.3. The largest absolute Gasteiger partial charge is 0.469 e. The second-order valence-electron chi connectivity index (χ2n) is 7.07. The molecule has 8 heteroatoms. The molecule has 0 aliphatic rings. The van der Waals surface area contributed by atoms with Crippen LogP contribution >= 0.6 is 7.82 Å². The third-order valence-electron chi connectivity index (χ3n) is 4.46. The number of carbonyl (C=O) groups excluding carboxylic acids is 1. The number of amides is 1. The van der Waals surface area contributed by atoms with Crippen molar-refractivity contribution in [3.05, 3.63) is 35.4 Å². The molecular weight excluding hydrogens is 381 g/mol. The van der Waals surface area contributed by atoms with Crippen molar-refractivity contribution in [1.82, 2.24) is 5.32 Å². The van der Waals surface area contributed by atoms with Gasteiger partial charge in [0.15, 0.2) is 0 Å². The smallest absolute Gasteiger partial charge is 0.394 e. The molecule has 28 heavy (non-hydrogen) atoms. The summed E-state index contributed by atoms with van der Waals surface area (Å²) in [7, 11) is -4.61. The highest BCUT2D eigenvalue weighted by Gasteiger charge is 2.19. The molecule has 1 rings (SSSR count). The van der Waals surface area contributed by atoms with Gasteiger partial charge in [0.25, 0.3) is 0 Å². The minimum atomic E-state index is -4.61. The van der Waals surface area contributed by atoms with E-state index in [9.17, 15) is 9.36 Å². The third-order valence-corrected chi connectivity index (χ3v) is 4.94. The zero-order valence-electron chi connectivity index (χ0n) is 16.7. The summed E-state index contributed by atoms with van der Waals surface area (Å²) in [6.45, 7) is 1.33. The molecule has 1 aromatic carbocycles. The van der Waals surface area contributed by atoms with Crippen LogP contribution in [-0.2, 0) is 26.7 Å². The molecule has 0 bridgehead atoms. The van der Waals surface area contributed by atoms with Crippen LogP contribution in [0.3, 0.4) is 0 Å². The predicted molar refractivity (Wildman–Crippen MR) is 109 cm³/mol. The lowest BCUT2D eigenvalue weighted by Gasteiger charge is -2.16. The Kier molecular flexibility index (Phi) is 12.3. The summed E-state index contributed by atoms with van der Waals surface area (Å²) in [4.78, 5) is 29.1. The minimum absolute atomic E-state index is 0.253. The van der Waals surface area contributed by atoms with Gasteiger partial charge in [-0.05, 0) is 43.2 Å². The van der Waals surface area contributed by atoms with Crippen molar-refractivity contribution in [3.63, 3.8) is 0 Å². The second-order valence-corrected chi connectivity index (χ2v) is 8.31. The molecule has 0 saturated heterocycles. The number of unbranched alkanes of at least 4 members (excludes halogenated alkanes) is 4. The van der Waals surface area contributed by atoms with Gasteiger partial charge in [-0.2, -0.15) is 0 Å². The highest BCUT2D eigenvalue weighted by molar-refractivity contribution is 7.46. The van der Waals surface area contributed by atoms with Crippen molar-refractivity contribution in [2.45, 2.75) is 70.8 Å². The molecule has 0 fully saturated rings. The van der Waals surface area contributed by atoms with E-state index in [1.54, 1.807) is 0 Å². The lowest BCUT2D eigenvalue weighted by atomic mass is 10.0. The first-order valence-electron chi connectivity index (χ1n) is 10.0. The fraction of sp³-hybridized carbons (Fsp3) is 0.650. The summed E-state index contributed by atoms with van der Waals surface area (Å²) in [5, 5.41) is 11.7. The SMILES string of the molecule is CCCCc1cccc(CCCCCCC(=O)N[C@H](CO)COP(=O)(O)O)c1. The van der Waals surface area contributed by atoms with Crippen LogP contribution in [0.2, 0.25) is 0 Å². The lowest BCUT2D eigenvalue weighted by Crippen LogP contribution is -2.40. The molecule has 0 aromatic heterocycles. The number of hydrogen-bond donors (Lipinski definition) is 4. The topological polar surface area (TPSA) is 116 Å². The molecule has 0 heterocycles. The van der Waals surface area contributed by atoms with Crippen molar-refractivity contribution in [1.29, 1.82) is 0 Å². The Morgan fingerprint density at radius 3 is 2.36 bits per heavy atom. The average Bonchev–Trinajstić information content (AvgIpc) is 2.65. The Hall–Kier alpha value is -1.24. The van der Waals surface area contributed by atoms with E-state index in [0.717, 1.165) is 38.5 Å². The van der Waals surface area contributed by atoms with Crippen molar-refractivity contribution in [3.8, 4) is 0 Å². The Morgan fingerprint density at radius 2 is 1.75 bits per heavy atom. The van der Waals surface area contributed by atoms with E-state index in [1.807, 2.05) is 0 Å². The standard InChI is InChI=1S/C20H34NO6P/c1-2-3-9-17-11-8-12-18(14-17)10-6-4-5-7-13-20(23)21-19(15-22)16-27-28(24,25)26/h8,11-12,14,19,22H,2-7,9-10,13,15-16H2,1H3,(H,21,23)(H2,24,25,26)/t19-/m1/s1. The number of aliphatic hydroxyl groups excluding tert-OH is 1. The van der Waals surface area contributed by atoms with Crippen LogP contribution in [0.15, 0.2) is 24.3 Å². The van der Waals surface area contributed by atoms with Crippen LogP contribution in [0.1, 0.15) is 63.0 Å². The van der Waals surface area contributed by atoms with E-state index in [4.69, 9.17) is 14.9 Å². The molecule has 1 amide bonds. The first-order valence-corrected chi connectivity index (χ1v) is 11.5. The van der Waals surface area contributed by atoms with Gasteiger partial charge in [0.1, 0.15) is 0 Å². The Bertz CT molecular complexity index is 618. The van der Waals surface area contributed by atoms with Crippen LogP contribution in [-0.4, -0.2) is 40.1 Å². The summed E-state index contributed by atoms with van der Waals surface area (Å²) in [5.74, 6) is -0.253. The fourth-order valence-electron chi connectivity index (χ4n) is 2.92. The van der Waals surface area contributed by atoms with E-state index in [2.05, 4.69) is 41.0 Å². The van der Waals surface area contributed by atoms with Crippen LogP contribution in [0, 0.1) is 0 Å². The number of phosphoric ester groups is 1. The van der Waals surface area contributed by atoms with Gasteiger partial charge in [-0.3, -0.25) is 9.32 Å². The maximum absolute atomic E-state index is 11.8. The summed E-state index contributed by atoms with van der Waals surface area (Å²) < 4.78 is 15.0. The van der Waals surface area contributed by atoms with Gasteiger partial charge in [-0.15, -0.1) is 0 Å². The van der Waals surface area contributed by atoms with Crippen LogP contribution in [0.4, 0.5) is 0 Å². The average molecular weight is 415 g/mol. The number of hydrogen-bond acceptors (Lipinski definition) is 4. The zero-order chi connectivity index (χ0) is 20.8. The number of rotatable bonds is 15. The molecule has 1 atom stereocenters. The van der Waals surface area contributed by atoms with Gasteiger partial charge in [0.05, 0.1) is 19.3 Å². The number of aliphatic hydroxyl groups is 1. The molecule has 7 nitrogen and oxygen atoms in total. The summed E-state index contributed by atoms with van der Waals surface area (Å²) in [6.07, 6.45) is 8.70. The van der Waals surface area contributed by atoms with Crippen molar-refractivity contribution in [2.75, 3.05) is 13.2 Å². The molecule has 0 aliphatic carbocycles. The van der Waals surface area contributed by atoms with Crippen LogP contribution in [0.5, 0.6) is 0 Å². The maximum Gasteiger partial charge on any atom is 0.469 e. The van der Waals surface area contributed by atoms with Crippen LogP contribution < -0.4 is 5.32 Å². The second kappa shape index (κ2) is 13.9. The summed E-state index contributed by atoms with van der Waals surface area (Å²) in [5.41, 5.74) is 2.76. The monoisotopic (exact) mass is 415 g/mol. The summed E-state index contributed by atoms with van der Waals surface area (Å²) in [6, 6.07) is 7.94. The predicted octanol–water partition coefficient (Wildman–Crippen LogP) is 3.11. The number of nitrogens with one attached hydrogen (secondary N) is 1. The molecule has 4 N–H and O–H groups in total. The van der Waals surface area contributed by atoms with Gasteiger partial charge in [-0.25, -0.2) is 4.57 Å². The lowest BCUT2D eigenvalue weighted by molar-refractivity contribution is -0.122. The molecule has 0 unspecified atom stereocenters. The van der Waals surface area contributed by atoms with Gasteiger partial charge in [0, 0.05) is 6.42 Å². The number of carbonyl (C=O) groups is 1. The summed E-state index contributed by atoms with van der Waals surface area (Å²) >= 11 is 0. The Labute approximate surface area is 167 Å². The molecular formula is C20H34NO6P. The van der Waals surface area contributed by atoms with Gasteiger partial charge in [0.2, 0.25) is 5.91 Å². The highest BCUT2D eigenvalue weighted by Crippen LogP contribution is 2.35. The van der Waals surface area contributed by atoms with Crippen molar-refractivity contribution < 1.29 is 28.8 Å². The quantitative estimate of drug-likeness (QED) is 0.258. The van der Waals surface area contributed by atoms with Crippen LogP contribution in [0.25, 0.3) is 0 Å². The molecule has 0 spiro atoms. The molecule has 0 saturated carbocycles. The third kappa shape index (κ3) is 12.3. The van der Waals surface area contributed by atoms with Gasteiger partial charge < -0.3 is 20.2 Å². The van der Waals surface area contributed by atoms with E-state index in [0.29, 0.717) is 6.42 Å². The normalized spacial score (nSPS) is 12.7. The Balaban J connectivity index is 2.16. The maximum atomic E-state index is 11.8. The number of benzene rings is 1. The molecule has 0 radical (unpaired) electrons. The van der Waals surface area contributed by atoms with Gasteiger partial charge in [-0.1, -0.05) is 50.5 Å². The zero-order valence-corrected chi connectivity index (χ0v) is 17.6. The van der Waals surface area contributed by atoms with E-state index < -0.39 is 27.1 Å². The number of phosphoric acid groups is 1. The molecule has 0 aliphatic heterocycles. The van der Waals surface area contributed by atoms with E-state index >= 15 is 0 Å². The number of aryl methyl sites for hydroxylation is 2. The fourth-order valence-corrected chi connectivity index (χ4v) is 3.29. The van der Waals surface area contributed by atoms with Crippen molar-refractivity contribution >= 4 is 13.7 Å². The van der Waals surface area contributed by atoms with E-state index in [1.165, 1.54) is 24.0 Å². The highest BCUT2D eigenvalue weighted by atomic mass is 31.2. The minimum Gasteiger partial charge on any atom is -0.394 e. The van der Waals surface area contributed by atoms with Gasteiger partial charge >= 0.3 is 7.82 Å². The first kappa shape index (κ1) is 24.8. The van der Waals surface area contributed by atoms with E-state index in [-0.39, 0.29) is 5.91 Å². The van der Waals surface area contributed by atoms with Crippen molar-refractivity contribution in [2.24, 2.45) is 0 Å².